The zero-order valence-corrected chi connectivity index (χ0v) is 17.3. The van der Waals surface area contributed by atoms with Crippen LogP contribution in [0.25, 0.3) is 0 Å². The normalized spacial score (nSPS) is 11.2. The fourth-order valence-corrected chi connectivity index (χ4v) is 3.45. The summed E-state index contributed by atoms with van der Waals surface area (Å²) in [6, 6.07) is 11.9. The smallest absolute Gasteiger partial charge is 0.339 e. The van der Waals surface area contributed by atoms with Crippen molar-refractivity contribution in [1.82, 2.24) is 0 Å². The molecule has 7 nitrogen and oxygen atoms in total. The molecule has 0 aromatic heterocycles. The van der Waals surface area contributed by atoms with E-state index in [1.54, 1.807) is 12.1 Å². The molecule has 0 saturated carbocycles. The number of hydrogen-bond acceptors (Lipinski definition) is 6. The Kier molecular flexibility index (Phi) is 7.28. The second-order valence-electron chi connectivity index (χ2n) is 6.99. The number of sulfone groups is 1. The summed E-state index contributed by atoms with van der Waals surface area (Å²) >= 11 is 0. The van der Waals surface area contributed by atoms with Gasteiger partial charge in [0.1, 0.15) is 0 Å². The Balaban J connectivity index is 1.99. The van der Waals surface area contributed by atoms with Crippen molar-refractivity contribution in [1.29, 1.82) is 0 Å². The fraction of sp³-hybridized carbons (Fsp3) is 0.286. The van der Waals surface area contributed by atoms with Crippen molar-refractivity contribution in [2.45, 2.75) is 25.2 Å². The number of anilines is 1. The number of ether oxygens (including phenoxy) is 1. The number of benzene rings is 2. The molecule has 0 atom stereocenters. The highest BCUT2D eigenvalue weighted by atomic mass is 32.2. The first-order chi connectivity index (χ1) is 13.6. The quantitative estimate of drug-likeness (QED) is 0.522. The van der Waals surface area contributed by atoms with Crippen LogP contribution in [0.5, 0.6) is 0 Å². The molecule has 0 heterocycles. The number of hydrogen-bond donors (Lipinski definition) is 1. The van der Waals surface area contributed by atoms with Gasteiger partial charge in [-0.3, -0.25) is 9.59 Å². The molecule has 0 spiro atoms. The monoisotopic (exact) mass is 417 g/mol. The van der Waals surface area contributed by atoms with Gasteiger partial charge >= 0.3 is 5.97 Å². The third kappa shape index (κ3) is 6.53. The number of Topliss-reactive ketones (excluding diaryl/α,β-unsaturated/α-hetero) is 1. The summed E-state index contributed by atoms with van der Waals surface area (Å²) in [5.41, 5.74) is 0.744. The molecule has 0 radical (unpaired) electrons. The van der Waals surface area contributed by atoms with E-state index >= 15 is 0 Å². The fourth-order valence-electron chi connectivity index (χ4n) is 2.57. The second-order valence-corrected chi connectivity index (χ2v) is 8.98. The molecule has 8 heteroatoms. The molecule has 2 aromatic rings. The van der Waals surface area contributed by atoms with E-state index in [1.165, 1.54) is 36.4 Å². The Morgan fingerprint density at radius 2 is 1.62 bits per heavy atom. The van der Waals surface area contributed by atoms with Crippen LogP contribution >= 0.6 is 0 Å². The molecule has 1 N–H and O–H groups in total. The van der Waals surface area contributed by atoms with Gasteiger partial charge in [-0.2, -0.15) is 0 Å². The lowest BCUT2D eigenvalue weighted by molar-refractivity contribution is -0.116. The predicted molar refractivity (Wildman–Crippen MR) is 109 cm³/mol. The van der Waals surface area contributed by atoms with Crippen LogP contribution < -0.4 is 5.32 Å². The van der Waals surface area contributed by atoms with E-state index in [0.29, 0.717) is 17.7 Å². The summed E-state index contributed by atoms with van der Waals surface area (Å²) in [6.45, 7) is 3.35. The van der Waals surface area contributed by atoms with Crippen LogP contribution in [0.1, 0.15) is 41.0 Å². The number of esters is 1. The van der Waals surface area contributed by atoms with Gasteiger partial charge in [0.25, 0.3) is 0 Å². The maximum absolute atomic E-state index is 12.3. The molecule has 0 aliphatic rings. The maximum Gasteiger partial charge on any atom is 0.339 e. The lowest BCUT2D eigenvalue weighted by atomic mass is 10.1. The molecule has 0 unspecified atom stereocenters. The summed E-state index contributed by atoms with van der Waals surface area (Å²) in [6.07, 6.45) is 1.39. The summed E-state index contributed by atoms with van der Waals surface area (Å²) in [5.74, 6) is -1.22. The van der Waals surface area contributed by atoms with E-state index in [9.17, 15) is 22.8 Å². The zero-order chi connectivity index (χ0) is 21.6. The Hall–Kier alpha value is -3.00. The van der Waals surface area contributed by atoms with Crippen LogP contribution in [0.4, 0.5) is 5.69 Å². The zero-order valence-electron chi connectivity index (χ0n) is 16.5. The Bertz CT molecular complexity index is 1010. The van der Waals surface area contributed by atoms with Crippen LogP contribution in [0.15, 0.2) is 53.4 Å². The molecule has 0 aliphatic heterocycles. The van der Waals surface area contributed by atoms with Crippen LogP contribution in [-0.4, -0.2) is 38.9 Å². The number of amides is 1. The molecule has 2 aromatic carbocycles. The van der Waals surface area contributed by atoms with Crippen molar-refractivity contribution >= 4 is 33.2 Å². The average molecular weight is 417 g/mol. The van der Waals surface area contributed by atoms with Crippen molar-refractivity contribution in [3.8, 4) is 0 Å². The summed E-state index contributed by atoms with van der Waals surface area (Å²) in [7, 11) is -3.61. The van der Waals surface area contributed by atoms with E-state index in [-0.39, 0.29) is 22.3 Å². The minimum absolute atomic E-state index is 0.113. The number of nitrogens with one attached hydrogen (secondary N) is 1. The van der Waals surface area contributed by atoms with Gasteiger partial charge in [-0.05, 0) is 42.3 Å². The first kappa shape index (κ1) is 22.3. The number of ketones is 1. The van der Waals surface area contributed by atoms with Crippen molar-refractivity contribution in [3.05, 3.63) is 59.7 Å². The van der Waals surface area contributed by atoms with Crippen molar-refractivity contribution in [3.63, 3.8) is 0 Å². The van der Waals surface area contributed by atoms with Gasteiger partial charge in [0, 0.05) is 23.9 Å². The predicted octanol–water partition coefficient (Wildman–Crippen LogP) is 3.11. The van der Waals surface area contributed by atoms with Gasteiger partial charge in [0.05, 0.1) is 10.5 Å². The van der Waals surface area contributed by atoms with Gasteiger partial charge < -0.3 is 10.1 Å². The van der Waals surface area contributed by atoms with Crippen molar-refractivity contribution < 1.29 is 27.5 Å². The number of carbonyl (C=O) groups is 3. The standard InChI is InChI=1S/C21H23NO6S/c1-14(2)12-20(24)22-16-10-8-15(9-11-16)18(23)13-28-21(25)17-6-4-5-7-19(17)29(3,26)27/h4-11,14H,12-13H2,1-3H3,(H,22,24). The summed E-state index contributed by atoms with van der Waals surface area (Å²) < 4.78 is 28.6. The highest BCUT2D eigenvalue weighted by Gasteiger charge is 2.20. The molecule has 0 fully saturated rings. The maximum atomic E-state index is 12.3. The molecule has 0 saturated heterocycles. The second kappa shape index (κ2) is 9.47. The van der Waals surface area contributed by atoms with Gasteiger partial charge in [0.15, 0.2) is 22.2 Å². The highest BCUT2D eigenvalue weighted by Crippen LogP contribution is 2.17. The minimum Gasteiger partial charge on any atom is -0.454 e. The summed E-state index contributed by atoms with van der Waals surface area (Å²) in [5, 5.41) is 2.74. The van der Waals surface area contributed by atoms with Crippen molar-refractivity contribution in [2.24, 2.45) is 5.92 Å². The van der Waals surface area contributed by atoms with Crippen LogP contribution in [0, 0.1) is 5.92 Å². The van der Waals surface area contributed by atoms with Crippen LogP contribution in [-0.2, 0) is 19.4 Å². The molecule has 2 rings (SSSR count). The van der Waals surface area contributed by atoms with Gasteiger partial charge in [0.2, 0.25) is 5.91 Å². The first-order valence-corrected chi connectivity index (χ1v) is 10.9. The Morgan fingerprint density at radius 1 is 1.00 bits per heavy atom. The highest BCUT2D eigenvalue weighted by molar-refractivity contribution is 7.90. The first-order valence-electron chi connectivity index (χ1n) is 8.97. The van der Waals surface area contributed by atoms with E-state index in [1.807, 2.05) is 13.8 Å². The Morgan fingerprint density at radius 3 is 2.21 bits per heavy atom. The van der Waals surface area contributed by atoms with Crippen molar-refractivity contribution in [2.75, 3.05) is 18.2 Å². The topological polar surface area (TPSA) is 107 Å². The lowest BCUT2D eigenvalue weighted by Gasteiger charge is -2.09. The molecular formula is C21H23NO6S. The van der Waals surface area contributed by atoms with Gasteiger partial charge in [-0.1, -0.05) is 26.0 Å². The van der Waals surface area contributed by atoms with E-state index in [2.05, 4.69) is 5.32 Å². The largest absolute Gasteiger partial charge is 0.454 e. The molecule has 154 valence electrons. The molecule has 29 heavy (non-hydrogen) atoms. The SMILES string of the molecule is CC(C)CC(=O)Nc1ccc(C(=O)COC(=O)c2ccccc2S(C)(=O)=O)cc1. The van der Waals surface area contributed by atoms with E-state index in [0.717, 1.165) is 6.26 Å². The third-order valence-electron chi connectivity index (χ3n) is 3.93. The van der Waals surface area contributed by atoms with Gasteiger partial charge in [-0.15, -0.1) is 0 Å². The van der Waals surface area contributed by atoms with Crippen LogP contribution in [0.3, 0.4) is 0 Å². The number of carbonyl (C=O) groups excluding carboxylic acids is 3. The molecular weight excluding hydrogens is 394 g/mol. The number of rotatable bonds is 8. The van der Waals surface area contributed by atoms with E-state index < -0.39 is 28.2 Å². The molecule has 1 amide bonds. The average Bonchev–Trinajstić information content (AvgIpc) is 2.65. The third-order valence-corrected chi connectivity index (χ3v) is 5.08. The van der Waals surface area contributed by atoms with E-state index in [4.69, 9.17) is 4.74 Å². The lowest BCUT2D eigenvalue weighted by Crippen LogP contribution is -2.17. The molecule has 0 bridgehead atoms. The summed E-state index contributed by atoms with van der Waals surface area (Å²) in [4.78, 5) is 36.1. The van der Waals surface area contributed by atoms with Crippen LogP contribution in [0.2, 0.25) is 0 Å². The molecule has 0 aliphatic carbocycles. The Labute approximate surface area is 170 Å². The minimum atomic E-state index is -3.61. The van der Waals surface area contributed by atoms with Gasteiger partial charge in [-0.25, -0.2) is 13.2 Å².